The third-order valence-corrected chi connectivity index (χ3v) is 3.82. The Bertz CT molecular complexity index is 690. The van der Waals surface area contributed by atoms with E-state index in [0.717, 1.165) is 22.9 Å². The van der Waals surface area contributed by atoms with Gasteiger partial charge in [-0.05, 0) is 23.8 Å². The number of hydrogen-bond acceptors (Lipinski definition) is 3. The van der Waals surface area contributed by atoms with Crippen molar-refractivity contribution in [3.8, 4) is 0 Å². The van der Waals surface area contributed by atoms with Gasteiger partial charge in [0.25, 0.3) is 5.91 Å². The summed E-state index contributed by atoms with van der Waals surface area (Å²) in [6.45, 7) is 1.77. The van der Waals surface area contributed by atoms with Crippen LogP contribution in [-0.2, 0) is 14.3 Å². The molecule has 21 heavy (non-hydrogen) atoms. The molecular weight excluding hydrogens is 266 g/mol. The van der Waals surface area contributed by atoms with Gasteiger partial charge in [-0.2, -0.15) is 0 Å². The maximum absolute atomic E-state index is 11.9. The molecule has 1 amide bonds. The van der Waals surface area contributed by atoms with Crippen LogP contribution in [0, 0.1) is 11.8 Å². The molecule has 4 heteroatoms. The lowest BCUT2D eigenvalue weighted by molar-refractivity contribution is -0.148. The minimum Gasteiger partial charge on any atom is -0.455 e. The summed E-state index contributed by atoms with van der Waals surface area (Å²) in [6, 6.07) is 13.5. The Morgan fingerprint density at radius 3 is 2.67 bits per heavy atom. The molecule has 1 fully saturated rings. The third kappa shape index (κ3) is 3.05. The van der Waals surface area contributed by atoms with Crippen LogP contribution in [-0.4, -0.2) is 18.5 Å². The van der Waals surface area contributed by atoms with E-state index in [1.54, 1.807) is 0 Å². The van der Waals surface area contributed by atoms with E-state index in [4.69, 9.17) is 4.74 Å². The zero-order chi connectivity index (χ0) is 14.8. The normalized spacial score (nSPS) is 20.0. The Morgan fingerprint density at radius 2 is 1.90 bits per heavy atom. The third-order valence-electron chi connectivity index (χ3n) is 3.82. The fraction of sp³-hybridized carbons (Fsp3) is 0.294. The Morgan fingerprint density at radius 1 is 1.19 bits per heavy atom. The van der Waals surface area contributed by atoms with Crippen LogP contribution in [0.1, 0.15) is 13.3 Å². The average Bonchev–Trinajstić information content (AvgIpc) is 3.22. The molecule has 1 saturated carbocycles. The quantitative estimate of drug-likeness (QED) is 0.878. The second-order valence-corrected chi connectivity index (χ2v) is 5.50. The van der Waals surface area contributed by atoms with E-state index in [9.17, 15) is 9.59 Å². The number of fused-ring (bicyclic) bond motifs is 1. The molecule has 108 valence electrons. The van der Waals surface area contributed by atoms with Crippen molar-refractivity contribution in [3.63, 3.8) is 0 Å². The molecule has 3 rings (SSSR count). The van der Waals surface area contributed by atoms with Crippen molar-refractivity contribution in [3.05, 3.63) is 42.5 Å². The molecule has 1 N–H and O–H groups in total. The number of carbonyl (C=O) groups excluding carboxylic acids is 2. The predicted molar refractivity (Wildman–Crippen MR) is 80.8 cm³/mol. The first-order valence-electron chi connectivity index (χ1n) is 7.09. The molecule has 0 aromatic heterocycles. The monoisotopic (exact) mass is 283 g/mol. The van der Waals surface area contributed by atoms with Crippen LogP contribution in [0.3, 0.4) is 0 Å². The molecule has 2 aromatic rings. The second kappa shape index (κ2) is 5.56. The number of ether oxygens (including phenoxy) is 1. The van der Waals surface area contributed by atoms with Crippen molar-refractivity contribution in [2.45, 2.75) is 13.3 Å². The van der Waals surface area contributed by atoms with E-state index >= 15 is 0 Å². The summed E-state index contributed by atoms with van der Waals surface area (Å²) in [5.41, 5.74) is 0.730. The standard InChI is InChI=1S/C17H17NO3/c1-11-9-14(11)17(20)21-10-16(19)18-15-8-4-6-12-5-2-3-7-13(12)15/h2-8,11,14H,9-10H2,1H3,(H,18,19). The van der Waals surface area contributed by atoms with E-state index in [0.29, 0.717) is 5.92 Å². The SMILES string of the molecule is CC1CC1C(=O)OCC(=O)Nc1cccc2ccccc12. The molecule has 2 aromatic carbocycles. The van der Waals surface area contributed by atoms with Crippen molar-refractivity contribution >= 4 is 28.3 Å². The zero-order valence-electron chi connectivity index (χ0n) is 11.8. The highest BCUT2D eigenvalue weighted by molar-refractivity contribution is 6.02. The smallest absolute Gasteiger partial charge is 0.309 e. The highest BCUT2D eigenvalue weighted by Gasteiger charge is 2.40. The molecule has 0 radical (unpaired) electrons. The van der Waals surface area contributed by atoms with Crippen molar-refractivity contribution in [2.75, 3.05) is 11.9 Å². The fourth-order valence-corrected chi connectivity index (χ4v) is 2.41. The van der Waals surface area contributed by atoms with E-state index in [1.165, 1.54) is 0 Å². The fourth-order valence-electron chi connectivity index (χ4n) is 2.41. The molecule has 1 aliphatic carbocycles. The number of benzene rings is 2. The Labute approximate surface area is 123 Å². The summed E-state index contributed by atoms with van der Waals surface area (Å²) in [5, 5.41) is 4.82. The van der Waals surface area contributed by atoms with Gasteiger partial charge in [0.15, 0.2) is 6.61 Å². The molecule has 1 aliphatic rings. The van der Waals surface area contributed by atoms with Gasteiger partial charge in [-0.1, -0.05) is 43.3 Å². The highest BCUT2D eigenvalue weighted by atomic mass is 16.5. The highest BCUT2D eigenvalue weighted by Crippen LogP contribution is 2.38. The van der Waals surface area contributed by atoms with E-state index in [1.807, 2.05) is 49.4 Å². The second-order valence-electron chi connectivity index (χ2n) is 5.50. The Kier molecular flexibility index (Phi) is 3.60. The van der Waals surface area contributed by atoms with Gasteiger partial charge in [0, 0.05) is 11.1 Å². The molecule has 0 bridgehead atoms. The van der Waals surface area contributed by atoms with Crippen molar-refractivity contribution in [2.24, 2.45) is 11.8 Å². The van der Waals surface area contributed by atoms with Gasteiger partial charge in [-0.15, -0.1) is 0 Å². The van der Waals surface area contributed by atoms with E-state index in [-0.39, 0.29) is 24.4 Å². The van der Waals surface area contributed by atoms with Gasteiger partial charge < -0.3 is 10.1 Å². The van der Waals surface area contributed by atoms with Gasteiger partial charge in [0.1, 0.15) is 0 Å². The lowest BCUT2D eigenvalue weighted by atomic mass is 10.1. The topological polar surface area (TPSA) is 55.4 Å². The maximum atomic E-state index is 11.9. The first-order chi connectivity index (χ1) is 10.1. The van der Waals surface area contributed by atoms with E-state index < -0.39 is 0 Å². The summed E-state index contributed by atoms with van der Waals surface area (Å²) < 4.78 is 5.03. The van der Waals surface area contributed by atoms with Crippen LogP contribution in [0.4, 0.5) is 5.69 Å². The number of rotatable bonds is 4. The summed E-state index contributed by atoms with van der Waals surface area (Å²) in [6.07, 6.45) is 0.865. The molecule has 0 saturated heterocycles. The van der Waals surface area contributed by atoms with Crippen LogP contribution in [0.2, 0.25) is 0 Å². The lowest BCUT2D eigenvalue weighted by Crippen LogP contribution is -2.21. The molecule has 2 atom stereocenters. The lowest BCUT2D eigenvalue weighted by Gasteiger charge is -2.09. The molecule has 0 heterocycles. The summed E-state index contributed by atoms with van der Waals surface area (Å²) in [4.78, 5) is 23.5. The van der Waals surface area contributed by atoms with Crippen LogP contribution in [0.25, 0.3) is 10.8 Å². The summed E-state index contributed by atoms with van der Waals surface area (Å²) in [7, 11) is 0. The minimum atomic E-state index is -0.312. The number of nitrogens with one attached hydrogen (secondary N) is 1. The number of esters is 1. The summed E-state index contributed by atoms with van der Waals surface area (Å²) >= 11 is 0. The molecule has 0 aliphatic heterocycles. The summed E-state index contributed by atoms with van der Waals surface area (Å²) in [5.74, 6) is -0.211. The van der Waals surface area contributed by atoms with Gasteiger partial charge in [0.05, 0.1) is 5.92 Å². The van der Waals surface area contributed by atoms with Crippen LogP contribution in [0.15, 0.2) is 42.5 Å². The number of anilines is 1. The van der Waals surface area contributed by atoms with Crippen LogP contribution < -0.4 is 5.32 Å². The van der Waals surface area contributed by atoms with Gasteiger partial charge in [-0.25, -0.2) is 0 Å². The van der Waals surface area contributed by atoms with Gasteiger partial charge >= 0.3 is 5.97 Å². The van der Waals surface area contributed by atoms with Gasteiger partial charge in [0.2, 0.25) is 0 Å². The molecule has 2 unspecified atom stereocenters. The van der Waals surface area contributed by atoms with E-state index in [2.05, 4.69) is 5.32 Å². The number of carbonyl (C=O) groups is 2. The van der Waals surface area contributed by atoms with Crippen LogP contribution >= 0.6 is 0 Å². The maximum Gasteiger partial charge on any atom is 0.309 e. The molecule has 4 nitrogen and oxygen atoms in total. The minimum absolute atomic E-state index is 0.0182. The van der Waals surface area contributed by atoms with Crippen molar-refractivity contribution in [1.29, 1.82) is 0 Å². The Balaban J connectivity index is 1.62. The predicted octanol–water partition coefficient (Wildman–Crippen LogP) is 2.98. The molecule has 0 spiro atoms. The van der Waals surface area contributed by atoms with Gasteiger partial charge in [-0.3, -0.25) is 9.59 Å². The largest absolute Gasteiger partial charge is 0.455 e. The first kappa shape index (κ1) is 13.6. The Hall–Kier alpha value is -2.36. The number of amides is 1. The molecular formula is C17H17NO3. The zero-order valence-corrected chi connectivity index (χ0v) is 11.8. The van der Waals surface area contributed by atoms with Crippen molar-refractivity contribution < 1.29 is 14.3 Å². The first-order valence-corrected chi connectivity index (χ1v) is 7.09. The average molecular weight is 283 g/mol. The number of hydrogen-bond donors (Lipinski definition) is 1. The van der Waals surface area contributed by atoms with Crippen molar-refractivity contribution in [1.82, 2.24) is 0 Å². The van der Waals surface area contributed by atoms with Crippen LogP contribution in [0.5, 0.6) is 0 Å².